The predicted molar refractivity (Wildman–Crippen MR) is 59.8 cm³/mol. The standard InChI is InChI=1S/C11H16N2O2/c1-9(14)8-13(2)11(15)12-10-6-4-3-5-7-10/h3-7,9,14H,8H2,1-2H3,(H,12,15)/t9-/m0/s1. The summed E-state index contributed by atoms with van der Waals surface area (Å²) in [5.74, 6) is 0. The number of carbonyl (C=O) groups excluding carboxylic acids is 1. The lowest BCUT2D eigenvalue weighted by molar-refractivity contribution is 0.149. The molecule has 82 valence electrons. The first-order valence-electron chi connectivity index (χ1n) is 4.85. The van der Waals surface area contributed by atoms with E-state index in [0.29, 0.717) is 6.54 Å². The number of amides is 2. The Morgan fingerprint density at radius 1 is 1.47 bits per heavy atom. The SMILES string of the molecule is C[C@H](O)CN(C)C(=O)Nc1ccccc1. The van der Waals surface area contributed by atoms with Crippen molar-refractivity contribution in [2.75, 3.05) is 18.9 Å². The number of aliphatic hydroxyl groups is 1. The molecule has 0 aliphatic carbocycles. The molecule has 0 fully saturated rings. The molecule has 0 bridgehead atoms. The van der Waals surface area contributed by atoms with Gasteiger partial charge in [-0.05, 0) is 19.1 Å². The van der Waals surface area contributed by atoms with Crippen LogP contribution in [-0.4, -0.2) is 35.7 Å². The van der Waals surface area contributed by atoms with Crippen LogP contribution in [0, 0.1) is 0 Å². The highest BCUT2D eigenvalue weighted by molar-refractivity contribution is 5.89. The maximum Gasteiger partial charge on any atom is 0.321 e. The molecule has 1 rings (SSSR count). The Morgan fingerprint density at radius 2 is 2.07 bits per heavy atom. The Morgan fingerprint density at radius 3 is 2.60 bits per heavy atom. The van der Waals surface area contributed by atoms with E-state index in [2.05, 4.69) is 5.32 Å². The van der Waals surface area contributed by atoms with Gasteiger partial charge in [-0.3, -0.25) is 0 Å². The molecule has 0 saturated heterocycles. The third-order valence-electron chi connectivity index (χ3n) is 1.91. The summed E-state index contributed by atoms with van der Waals surface area (Å²) in [5, 5.41) is 11.8. The van der Waals surface area contributed by atoms with E-state index in [-0.39, 0.29) is 6.03 Å². The highest BCUT2D eigenvalue weighted by atomic mass is 16.3. The van der Waals surface area contributed by atoms with Crippen molar-refractivity contribution in [3.8, 4) is 0 Å². The van der Waals surface area contributed by atoms with Gasteiger partial charge in [0, 0.05) is 19.3 Å². The van der Waals surface area contributed by atoms with Crippen molar-refractivity contribution < 1.29 is 9.90 Å². The van der Waals surface area contributed by atoms with Crippen LogP contribution in [0.15, 0.2) is 30.3 Å². The number of hydrogen-bond acceptors (Lipinski definition) is 2. The fraction of sp³-hybridized carbons (Fsp3) is 0.364. The normalized spacial score (nSPS) is 11.9. The van der Waals surface area contributed by atoms with E-state index in [4.69, 9.17) is 5.11 Å². The lowest BCUT2D eigenvalue weighted by Gasteiger charge is -2.19. The monoisotopic (exact) mass is 208 g/mol. The van der Waals surface area contributed by atoms with E-state index in [1.807, 2.05) is 30.3 Å². The Kier molecular flexibility index (Phi) is 4.12. The van der Waals surface area contributed by atoms with Crippen molar-refractivity contribution in [2.45, 2.75) is 13.0 Å². The third-order valence-corrected chi connectivity index (χ3v) is 1.91. The fourth-order valence-corrected chi connectivity index (χ4v) is 1.22. The van der Waals surface area contributed by atoms with Gasteiger partial charge < -0.3 is 15.3 Å². The summed E-state index contributed by atoms with van der Waals surface area (Å²) in [6, 6.07) is 8.99. The van der Waals surface area contributed by atoms with Crippen LogP contribution in [0.2, 0.25) is 0 Å². The molecule has 0 aromatic heterocycles. The summed E-state index contributed by atoms with van der Waals surface area (Å²) in [6.07, 6.45) is -0.517. The maximum absolute atomic E-state index is 11.6. The molecule has 4 nitrogen and oxygen atoms in total. The Labute approximate surface area is 89.5 Å². The van der Waals surface area contributed by atoms with E-state index in [9.17, 15) is 4.79 Å². The number of anilines is 1. The zero-order valence-corrected chi connectivity index (χ0v) is 8.97. The van der Waals surface area contributed by atoms with Crippen molar-refractivity contribution in [1.82, 2.24) is 4.90 Å². The van der Waals surface area contributed by atoms with E-state index in [1.165, 1.54) is 4.90 Å². The first-order valence-corrected chi connectivity index (χ1v) is 4.85. The van der Waals surface area contributed by atoms with Gasteiger partial charge in [0.15, 0.2) is 0 Å². The van der Waals surface area contributed by atoms with Crippen molar-refractivity contribution in [1.29, 1.82) is 0 Å². The molecule has 0 heterocycles. The van der Waals surface area contributed by atoms with Crippen molar-refractivity contribution >= 4 is 11.7 Å². The zero-order valence-electron chi connectivity index (χ0n) is 8.97. The summed E-state index contributed by atoms with van der Waals surface area (Å²) >= 11 is 0. The first kappa shape index (κ1) is 11.5. The second kappa shape index (κ2) is 5.36. The molecular weight excluding hydrogens is 192 g/mol. The highest BCUT2D eigenvalue weighted by Gasteiger charge is 2.10. The second-order valence-electron chi connectivity index (χ2n) is 3.53. The van der Waals surface area contributed by atoms with Gasteiger partial charge in [0.25, 0.3) is 0 Å². The van der Waals surface area contributed by atoms with Crippen molar-refractivity contribution in [3.63, 3.8) is 0 Å². The van der Waals surface area contributed by atoms with Gasteiger partial charge in [0.05, 0.1) is 6.10 Å². The van der Waals surface area contributed by atoms with Gasteiger partial charge in [-0.2, -0.15) is 0 Å². The lowest BCUT2D eigenvalue weighted by Crippen LogP contribution is -2.36. The second-order valence-corrected chi connectivity index (χ2v) is 3.53. The number of aliphatic hydroxyl groups excluding tert-OH is 1. The lowest BCUT2D eigenvalue weighted by atomic mass is 10.3. The van der Waals surface area contributed by atoms with Crippen LogP contribution in [-0.2, 0) is 0 Å². The van der Waals surface area contributed by atoms with Gasteiger partial charge in [0.1, 0.15) is 0 Å². The van der Waals surface area contributed by atoms with E-state index >= 15 is 0 Å². The number of carbonyl (C=O) groups is 1. The molecule has 1 aromatic rings. The Balaban J connectivity index is 2.49. The molecule has 0 unspecified atom stereocenters. The molecular formula is C11H16N2O2. The number of para-hydroxylation sites is 1. The molecule has 15 heavy (non-hydrogen) atoms. The highest BCUT2D eigenvalue weighted by Crippen LogP contribution is 2.05. The minimum atomic E-state index is -0.517. The average Bonchev–Trinajstić information content (AvgIpc) is 2.18. The van der Waals surface area contributed by atoms with Crippen LogP contribution >= 0.6 is 0 Å². The topological polar surface area (TPSA) is 52.6 Å². The minimum absolute atomic E-state index is 0.220. The Hall–Kier alpha value is -1.55. The number of nitrogens with zero attached hydrogens (tertiary/aromatic N) is 1. The molecule has 1 aromatic carbocycles. The number of benzene rings is 1. The van der Waals surface area contributed by atoms with Gasteiger partial charge in [-0.1, -0.05) is 18.2 Å². The van der Waals surface area contributed by atoms with Gasteiger partial charge in [-0.25, -0.2) is 4.79 Å². The summed E-state index contributed by atoms with van der Waals surface area (Å²) < 4.78 is 0. The molecule has 0 radical (unpaired) electrons. The third kappa shape index (κ3) is 3.99. The molecule has 0 aliphatic heterocycles. The number of rotatable bonds is 3. The van der Waals surface area contributed by atoms with Gasteiger partial charge >= 0.3 is 6.03 Å². The van der Waals surface area contributed by atoms with E-state index in [0.717, 1.165) is 5.69 Å². The molecule has 4 heteroatoms. The van der Waals surface area contributed by atoms with E-state index in [1.54, 1.807) is 14.0 Å². The number of urea groups is 1. The summed E-state index contributed by atoms with van der Waals surface area (Å²) in [4.78, 5) is 13.0. The first-order chi connectivity index (χ1) is 7.09. The summed E-state index contributed by atoms with van der Waals surface area (Å²) in [7, 11) is 1.64. The number of hydrogen-bond donors (Lipinski definition) is 2. The Bertz CT molecular complexity index is 312. The molecule has 1 atom stereocenters. The van der Waals surface area contributed by atoms with Crippen LogP contribution < -0.4 is 5.32 Å². The van der Waals surface area contributed by atoms with Crippen molar-refractivity contribution in [3.05, 3.63) is 30.3 Å². The molecule has 0 saturated carbocycles. The van der Waals surface area contributed by atoms with Crippen LogP contribution in [0.4, 0.5) is 10.5 Å². The van der Waals surface area contributed by atoms with Crippen LogP contribution in [0.25, 0.3) is 0 Å². The molecule has 2 amide bonds. The maximum atomic E-state index is 11.6. The van der Waals surface area contributed by atoms with Crippen molar-refractivity contribution in [2.24, 2.45) is 0 Å². The van der Waals surface area contributed by atoms with Crippen LogP contribution in [0.1, 0.15) is 6.92 Å². The number of nitrogens with one attached hydrogen (secondary N) is 1. The average molecular weight is 208 g/mol. The quantitative estimate of drug-likeness (QED) is 0.791. The minimum Gasteiger partial charge on any atom is -0.392 e. The molecule has 0 spiro atoms. The summed E-state index contributed by atoms with van der Waals surface area (Å²) in [6.45, 7) is 1.96. The summed E-state index contributed by atoms with van der Waals surface area (Å²) in [5.41, 5.74) is 0.750. The molecule has 2 N–H and O–H groups in total. The predicted octanol–water partition coefficient (Wildman–Crippen LogP) is 1.53. The van der Waals surface area contributed by atoms with Crippen LogP contribution in [0.5, 0.6) is 0 Å². The van der Waals surface area contributed by atoms with Crippen LogP contribution in [0.3, 0.4) is 0 Å². The molecule has 0 aliphatic rings. The fourth-order valence-electron chi connectivity index (χ4n) is 1.22. The van der Waals surface area contributed by atoms with E-state index < -0.39 is 6.10 Å². The smallest absolute Gasteiger partial charge is 0.321 e. The zero-order chi connectivity index (χ0) is 11.3. The van der Waals surface area contributed by atoms with Gasteiger partial charge in [0.2, 0.25) is 0 Å². The van der Waals surface area contributed by atoms with Gasteiger partial charge in [-0.15, -0.1) is 0 Å². The number of likely N-dealkylation sites (N-methyl/N-ethyl adjacent to an activating group) is 1. The largest absolute Gasteiger partial charge is 0.392 e.